The summed E-state index contributed by atoms with van der Waals surface area (Å²) >= 11 is 0. The van der Waals surface area contributed by atoms with Gasteiger partial charge in [0.2, 0.25) is 5.91 Å². The van der Waals surface area contributed by atoms with Crippen LogP contribution >= 0.6 is 0 Å². The van der Waals surface area contributed by atoms with E-state index >= 15 is 0 Å². The first-order valence-corrected chi connectivity index (χ1v) is 7.68. The molecule has 0 aliphatic rings. The largest absolute Gasteiger partial charge is 0.326 e. The molecule has 3 heteroatoms. The Morgan fingerprint density at radius 2 is 1.59 bits per heavy atom. The summed E-state index contributed by atoms with van der Waals surface area (Å²) < 4.78 is 0. The Morgan fingerprint density at radius 3 is 2.23 bits per heavy atom. The van der Waals surface area contributed by atoms with E-state index in [1.165, 1.54) is 11.1 Å². The van der Waals surface area contributed by atoms with Crippen LogP contribution in [0.25, 0.3) is 0 Å². The van der Waals surface area contributed by atoms with E-state index < -0.39 is 0 Å². The summed E-state index contributed by atoms with van der Waals surface area (Å²) in [5.41, 5.74) is 5.63. The zero-order valence-corrected chi connectivity index (χ0v) is 13.6. The zero-order valence-electron chi connectivity index (χ0n) is 13.6. The minimum atomic E-state index is 0.0498. The van der Waals surface area contributed by atoms with Gasteiger partial charge in [-0.15, -0.1) is 0 Å². The van der Waals surface area contributed by atoms with Crippen molar-refractivity contribution in [2.75, 3.05) is 11.9 Å². The molecule has 22 heavy (non-hydrogen) atoms. The first-order chi connectivity index (χ1) is 10.6. The molecule has 2 aromatic rings. The highest BCUT2D eigenvalue weighted by atomic mass is 16.1. The summed E-state index contributed by atoms with van der Waals surface area (Å²) in [6, 6.07) is 14.5. The molecule has 0 aliphatic heterocycles. The second-order valence-corrected chi connectivity index (χ2v) is 5.73. The molecular weight excluding hydrogens is 272 g/mol. The molecule has 0 unspecified atom stereocenters. The van der Waals surface area contributed by atoms with Gasteiger partial charge in [-0.1, -0.05) is 48.0 Å². The van der Waals surface area contributed by atoms with Crippen molar-refractivity contribution in [3.63, 3.8) is 0 Å². The Balaban J connectivity index is 1.75. The average molecular weight is 296 g/mol. The molecule has 0 saturated carbocycles. The van der Waals surface area contributed by atoms with Crippen LogP contribution in [0.15, 0.2) is 42.5 Å². The number of hydrogen-bond donors (Lipinski definition) is 2. The van der Waals surface area contributed by atoms with Crippen LogP contribution < -0.4 is 10.6 Å². The minimum Gasteiger partial charge on any atom is -0.326 e. The Morgan fingerprint density at radius 1 is 0.955 bits per heavy atom. The SMILES string of the molecule is Cc1ccc(CNCCC(=O)Nc2c(C)cccc2C)cc1. The van der Waals surface area contributed by atoms with Gasteiger partial charge in [0.25, 0.3) is 0 Å². The molecule has 0 aliphatic carbocycles. The van der Waals surface area contributed by atoms with Gasteiger partial charge in [-0.2, -0.15) is 0 Å². The predicted molar refractivity (Wildman–Crippen MR) is 92.0 cm³/mol. The van der Waals surface area contributed by atoms with Crippen LogP contribution in [-0.4, -0.2) is 12.5 Å². The third-order valence-electron chi connectivity index (χ3n) is 3.72. The molecular formula is C19H24N2O. The number of carbonyl (C=O) groups is 1. The highest BCUT2D eigenvalue weighted by Crippen LogP contribution is 2.19. The molecule has 0 fully saturated rings. The van der Waals surface area contributed by atoms with Gasteiger partial charge in [0, 0.05) is 25.2 Å². The van der Waals surface area contributed by atoms with E-state index in [-0.39, 0.29) is 5.91 Å². The molecule has 1 amide bonds. The molecule has 3 nitrogen and oxygen atoms in total. The van der Waals surface area contributed by atoms with Gasteiger partial charge in [0.1, 0.15) is 0 Å². The summed E-state index contributed by atoms with van der Waals surface area (Å²) in [4.78, 5) is 12.0. The highest BCUT2D eigenvalue weighted by Gasteiger charge is 2.06. The summed E-state index contributed by atoms with van der Waals surface area (Å²) in [5.74, 6) is 0.0498. The van der Waals surface area contributed by atoms with Gasteiger partial charge >= 0.3 is 0 Å². The lowest BCUT2D eigenvalue weighted by Crippen LogP contribution is -2.22. The highest BCUT2D eigenvalue weighted by molar-refractivity contribution is 5.92. The van der Waals surface area contributed by atoms with Crippen LogP contribution in [0.1, 0.15) is 28.7 Å². The summed E-state index contributed by atoms with van der Waals surface area (Å²) in [6.07, 6.45) is 0.472. The van der Waals surface area contributed by atoms with E-state index in [1.807, 2.05) is 32.0 Å². The summed E-state index contributed by atoms with van der Waals surface area (Å²) in [5, 5.41) is 6.31. The Bertz CT molecular complexity index is 612. The Kier molecular flexibility index (Phi) is 5.73. The number of nitrogens with one attached hydrogen (secondary N) is 2. The fourth-order valence-corrected chi connectivity index (χ4v) is 2.35. The van der Waals surface area contributed by atoms with Crippen LogP contribution in [0.5, 0.6) is 0 Å². The van der Waals surface area contributed by atoms with Crippen molar-refractivity contribution in [1.82, 2.24) is 5.32 Å². The number of rotatable bonds is 6. The number of para-hydroxylation sites is 1. The second kappa shape index (κ2) is 7.76. The molecule has 0 aromatic heterocycles. The van der Waals surface area contributed by atoms with E-state index in [0.29, 0.717) is 13.0 Å². The van der Waals surface area contributed by atoms with Crippen LogP contribution in [0.4, 0.5) is 5.69 Å². The van der Waals surface area contributed by atoms with Gasteiger partial charge in [0.15, 0.2) is 0 Å². The maximum Gasteiger partial charge on any atom is 0.225 e. The molecule has 2 rings (SSSR count). The fraction of sp³-hybridized carbons (Fsp3) is 0.316. The van der Waals surface area contributed by atoms with Gasteiger partial charge in [-0.3, -0.25) is 4.79 Å². The summed E-state index contributed by atoms with van der Waals surface area (Å²) in [7, 11) is 0. The number of hydrogen-bond acceptors (Lipinski definition) is 2. The van der Waals surface area contributed by atoms with Crippen molar-refractivity contribution < 1.29 is 4.79 Å². The van der Waals surface area contributed by atoms with Crippen LogP contribution in [0, 0.1) is 20.8 Å². The van der Waals surface area contributed by atoms with E-state index in [0.717, 1.165) is 23.4 Å². The van der Waals surface area contributed by atoms with Crippen LogP contribution in [-0.2, 0) is 11.3 Å². The van der Waals surface area contributed by atoms with Gasteiger partial charge in [-0.25, -0.2) is 0 Å². The Hall–Kier alpha value is -2.13. The quantitative estimate of drug-likeness (QED) is 0.798. The van der Waals surface area contributed by atoms with Crippen molar-refractivity contribution in [1.29, 1.82) is 0 Å². The minimum absolute atomic E-state index is 0.0498. The standard InChI is InChI=1S/C19H24N2O/c1-14-7-9-17(10-8-14)13-20-12-11-18(22)21-19-15(2)5-4-6-16(19)3/h4-10,20H,11-13H2,1-3H3,(H,21,22). The number of anilines is 1. The first-order valence-electron chi connectivity index (χ1n) is 7.68. The van der Waals surface area contributed by atoms with Crippen molar-refractivity contribution in [3.05, 3.63) is 64.7 Å². The molecule has 0 atom stereocenters. The Labute approximate surface area is 132 Å². The normalized spacial score (nSPS) is 10.5. The summed E-state index contributed by atoms with van der Waals surface area (Å²) in [6.45, 7) is 7.56. The van der Waals surface area contributed by atoms with Gasteiger partial charge < -0.3 is 10.6 Å². The van der Waals surface area contributed by atoms with E-state index in [9.17, 15) is 4.79 Å². The van der Waals surface area contributed by atoms with Gasteiger partial charge in [0.05, 0.1) is 0 Å². The average Bonchev–Trinajstić information content (AvgIpc) is 2.49. The third-order valence-corrected chi connectivity index (χ3v) is 3.72. The molecule has 2 aromatic carbocycles. The second-order valence-electron chi connectivity index (χ2n) is 5.73. The lowest BCUT2D eigenvalue weighted by Gasteiger charge is -2.11. The van der Waals surface area contributed by atoms with Crippen molar-refractivity contribution in [3.8, 4) is 0 Å². The smallest absolute Gasteiger partial charge is 0.225 e. The van der Waals surface area contributed by atoms with Crippen molar-refractivity contribution >= 4 is 11.6 Å². The molecule has 0 heterocycles. The number of carbonyl (C=O) groups excluding carboxylic acids is 1. The number of amides is 1. The molecule has 0 bridgehead atoms. The molecule has 116 valence electrons. The number of benzene rings is 2. The maximum absolute atomic E-state index is 12.0. The molecule has 2 N–H and O–H groups in total. The molecule has 0 radical (unpaired) electrons. The first kappa shape index (κ1) is 16.2. The maximum atomic E-state index is 12.0. The monoisotopic (exact) mass is 296 g/mol. The van der Waals surface area contributed by atoms with Crippen LogP contribution in [0.3, 0.4) is 0 Å². The fourth-order valence-electron chi connectivity index (χ4n) is 2.35. The lowest BCUT2D eigenvalue weighted by molar-refractivity contribution is -0.116. The number of aryl methyl sites for hydroxylation is 3. The van der Waals surface area contributed by atoms with E-state index in [2.05, 4.69) is 41.8 Å². The zero-order chi connectivity index (χ0) is 15.9. The van der Waals surface area contributed by atoms with Crippen LogP contribution in [0.2, 0.25) is 0 Å². The predicted octanol–water partition coefficient (Wildman–Crippen LogP) is 3.73. The third kappa shape index (κ3) is 4.71. The van der Waals surface area contributed by atoms with Crippen molar-refractivity contribution in [2.45, 2.75) is 33.7 Å². The molecule has 0 saturated heterocycles. The van der Waals surface area contributed by atoms with Crippen molar-refractivity contribution in [2.24, 2.45) is 0 Å². The lowest BCUT2D eigenvalue weighted by atomic mass is 10.1. The molecule has 0 spiro atoms. The van der Waals surface area contributed by atoms with E-state index in [1.54, 1.807) is 0 Å². The van der Waals surface area contributed by atoms with E-state index in [4.69, 9.17) is 0 Å². The topological polar surface area (TPSA) is 41.1 Å². The van der Waals surface area contributed by atoms with Gasteiger partial charge in [-0.05, 0) is 37.5 Å².